The maximum Gasteiger partial charge on any atom is 0.264 e. The lowest BCUT2D eigenvalue weighted by Gasteiger charge is -2.25. The van der Waals surface area contributed by atoms with Crippen molar-refractivity contribution >= 4 is 44.8 Å². The van der Waals surface area contributed by atoms with Crippen LogP contribution in [0.15, 0.2) is 77.7 Å². The average molecular weight is 535 g/mol. The number of hydrogen-bond acceptors (Lipinski definition) is 4. The third-order valence-electron chi connectivity index (χ3n) is 5.13. The Morgan fingerprint density at radius 2 is 1.54 bits per heavy atom. The summed E-state index contributed by atoms with van der Waals surface area (Å²) in [5, 5.41) is 3.24. The fourth-order valence-corrected chi connectivity index (χ4v) is 5.41. The number of anilines is 1. The number of nitrogens with one attached hydrogen (secondary N) is 1. The Kier molecular flexibility index (Phi) is 8.70. The van der Waals surface area contributed by atoms with E-state index in [-0.39, 0.29) is 39.2 Å². The fraction of sp³-hybridized carbons (Fsp3) is 0.269. The first-order chi connectivity index (χ1) is 16.5. The van der Waals surface area contributed by atoms with Crippen molar-refractivity contribution < 1.29 is 17.9 Å². The molecule has 0 fully saturated rings. The van der Waals surface area contributed by atoms with E-state index in [9.17, 15) is 13.2 Å². The number of halogens is 2. The van der Waals surface area contributed by atoms with Crippen molar-refractivity contribution in [2.24, 2.45) is 0 Å². The normalized spacial score (nSPS) is 11.7. The Hall–Kier alpha value is -2.74. The molecule has 35 heavy (non-hydrogen) atoms. The molecule has 6 nitrogen and oxygen atoms in total. The molecule has 0 atom stereocenters. The minimum absolute atomic E-state index is 0.0472. The van der Waals surface area contributed by atoms with Gasteiger partial charge in [-0.05, 0) is 47.4 Å². The van der Waals surface area contributed by atoms with Crippen LogP contribution in [0.5, 0.6) is 5.75 Å². The topological polar surface area (TPSA) is 75.7 Å². The maximum atomic E-state index is 13.4. The molecule has 1 N–H and O–H groups in total. The van der Waals surface area contributed by atoms with Crippen molar-refractivity contribution in [3.8, 4) is 5.75 Å². The fourth-order valence-electron chi connectivity index (χ4n) is 3.47. The zero-order valence-corrected chi connectivity index (χ0v) is 22.1. The van der Waals surface area contributed by atoms with Gasteiger partial charge in [-0.3, -0.25) is 9.10 Å². The number of benzene rings is 3. The van der Waals surface area contributed by atoms with Crippen molar-refractivity contribution in [3.63, 3.8) is 0 Å². The highest BCUT2D eigenvalue weighted by Crippen LogP contribution is 2.31. The summed E-state index contributed by atoms with van der Waals surface area (Å²) in [7, 11) is -4.05. The lowest BCUT2D eigenvalue weighted by atomic mass is 9.86. The van der Waals surface area contributed by atoms with Gasteiger partial charge in [0.2, 0.25) is 5.91 Å². The molecule has 0 saturated heterocycles. The third kappa shape index (κ3) is 7.13. The molecule has 0 heterocycles. The SMILES string of the molecule is CC(C)(C)c1ccccc1OCCNC(=O)CN(c1cc(Cl)cc(Cl)c1)S(=O)(=O)c1ccccc1. The summed E-state index contributed by atoms with van der Waals surface area (Å²) >= 11 is 12.2. The van der Waals surface area contributed by atoms with E-state index in [4.69, 9.17) is 27.9 Å². The molecule has 0 unspecified atom stereocenters. The van der Waals surface area contributed by atoms with Gasteiger partial charge in [0.25, 0.3) is 10.0 Å². The highest BCUT2D eigenvalue weighted by atomic mass is 35.5. The smallest absolute Gasteiger partial charge is 0.264 e. The molecule has 3 rings (SSSR count). The second kappa shape index (κ2) is 11.3. The quantitative estimate of drug-likeness (QED) is 0.358. The van der Waals surface area contributed by atoms with E-state index in [1.807, 2.05) is 24.3 Å². The van der Waals surface area contributed by atoms with E-state index in [2.05, 4.69) is 26.1 Å². The first-order valence-electron chi connectivity index (χ1n) is 11.0. The summed E-state index contributed by atoms with van der Waals surface area (Å²) < 4.78 is 33.6. The Balaban J connectivity index is 1.72. The Morgan fingerprint density at radius 3 is 2.17 bits per heavy atom. The standard InChI is InChI=1S/C26H28Cl2N2O4S/c1-26(2,3)23-11-7-8-12-24(23)34-14-13-29-25(31)18-30(21-16-19(27)15-20(28)17-21)35(32,33)22-9-5-4-6-10-22/h4-12,15-17H,13-14,18H2,1-3H3,(H,29,31). The Bertz CT molecular complexity index is 1260. The number of amides is 1. The molecule has 0 radical (unpaired) electrons. The second-order valence-corrected chi connectivity index (χ2v) is 11.6. The lowest BCUT2D eigenvalue weighted by molar-refractivity contribution is -0.119. The molecular weight excluding hydrogens is 507 g/mol. The van der Waals surface area contributed by atoms with E-state index < -0.39 is 22.5 Å². The number of sulfonamides is 1. The van der Waals surface area contributed by atoms with Gasteiger partial charge < -0.3 is 10.1 Å². The van der Waals surface area contributed by atoms with Gasteiger partial charge in [-0.25, -0.2) is 8.42 Å². The van der Waals surface area contributed by atoms with E-state index in [1.165, 1.54) is 30.3 Å². The van der Waals surface area contributed by atoms with Crippen LogP contribution in [0.2, 0.25) is 10.0 Å². The van der Waals surface area contributed by atoms with Gasteiger partial charge in [0.15, 0.2) is 0 Å². The van der Waals surface area contributed by atoms with Gasteiger partial charge in [-0.2, -0.15) is 0 Å². The number of carbonyl (C=O) groups is 1. The molecule has 0 aliphatic rings. The van der Waals surface area contributed by atoms with Crippen LogP contribution in [-0.4, -0.2) is 34.0 Å². The predicted octanol–water partition coefficient (Wildman–Crippen LogP) is 5.68. The first kappa shape index (κ1) is 26.9. The van der Waals surface area contributed by atoms with Crippen LogP contribution < -0.4 is 14.4 Å². The third-order valence-corrected chi connectivity index (χ3v) is 7.36. The number of rotatable bonds is 9. The molecule has 0 saturated carbocycles. The minimum atomic E-state index is -4.05. The molecule has 9 heteroatoms. The molecule has 3 aromatic rings. The molecule has 0 aromatic heterocycles. The molecule has 186 valence electrons. The zero-order chi connectivity index (χ0) is 25.6. The van der Waals surface area contributed by atoms with Crippen molar-refractivity contribution in [1.29, 1.82) is 0 Å². The highest BCUT2D eigenvalue weighted by Gasteiger charge is 2.27. The van der Waals surface area contributed by atoms with Crippen LogP contribution in [0.1, 0.15) is 26.3 Å². The van der Waals surface area contributed by atoms with Crippen LogP contribution >= 0.6 is 23.2 Å². The molecule has 0 aliphatic carbocycles. The zero-order valence-electron chi connectivity index (χ0n) is 19.8. The van der Waals surface area contributed by atoms with Gasteiger partial charge in [-0.1, -0.05) is 80.4 Å². The number of ether oxygens (including phenoxy) is 1. The van der Waals surface area contributed by atoms with E-state index in [0.29, 0.717) is 0 Å². The molecule has 1 amide bonds. The summed E-state index contributed by atoms with van der Waals surface area (Å²) in [4.78, 5) is 12.8. The van der Waals surface area contributed by atoms with Crippen LogP contribution in [0.4, 0.5) is 5.69 Å². The summed E-state index contributed by atoms with van der Waals surface area (Å²) in [6, 6.07) is 20.0. The van der Waals surface area contributed by atoms with E-state index >= 15 is 0 Å². The summed E-state index contributed by atoms with van der Waals surface area (Å²) in [5.74, 6) is 0.254. The maximum absolute atomic E-state index is 13.4. The molecular formula is C26H28Cl2N2O4S. The minimum Gasteiger partial charge on any atom is -0.491 e. The number of hydrogen-bond donors (Lipinski definition) is 1. The monoisotopic (exact) mass is 534 g/mol. The van der Waals surface area contributed by atoms with E-state index in [0.717, 1.165) is 15.6 Å². The second-order valence-electron chi connectivity index (χ2n) is 8.90. The van der Waals surface area contributed by atoms with Crippen molar-refractivity contribution in [2.45, 2.75) is 31.1 Å². The van der Waals surface area contributed by atoms with Crippen molar-refractivity contribution in [2.75, 3.05) is 24.0 Å². The van der Waals surface area contributed by atoms with Gasteiger partial charge in [0, 0.05) is 10.0 Å². The van der Waals surface area contributed by atoms with Crippen LogP contribution in [-0.2, 0) is 20.2 Å². The van der Waals surface area contributed by atoms with Crippen molar-refractivity contribution in [1.82, 2.24) is 5.32 Å². The molecule has 0 aliphatic heterocycles. The Morgan fingerprint density at radius 1 is 0.943 bits per heavy atom. The highest BCUT2D eigenvalue weighted by molar-refractivity contribution is 7.92. The summed E-state index contributed by atoms with van der Waals surface area (Å²) in [5.41, 5.74) is 1.16. The van der Waals surface area contributed by atoms with Crippen LogP contribution in [0, 0.1) is 0 Å². The number of carbonyl (C=O) groups excluding carboxylic acids is 1. The van der Waals surface area contributed by atoms with Crippen LogP contribution in [0.3, 0.4) is 0 Å². The molecule has 0 bridgehead atoms. The van der Waals surface area contributed by atoms with Gasteiger partial charge in [0.1, 0.15) is 18.9 Å². The van der Waals surface area contributed by atoms with Gasteiger partial charge in [-0.15, -0.1) is 0 Å². The lowest BCUT2D eigenvalue weighted by Crippen LogP contribution is -2.42. The van der Waals surface area contributed by atoms with Crippen LogP contribution in [0.25, 0.3) is 0 Å². The first-order valence-corrected chi connectivity index (χ1v) is 13.2. The molecule has 0 spiro atoms. The summed E-state index contributed by atoms with van der Waals surface area (Å²) in [6.45, 7) is 6.27. The van der Waals surface area contributed by atoms with Gasteiger partial charge >= 0.3 is 0 Å². The van der Waals surface area contributed by atoms with E-state index in [1.54, 1.807) is 18.2 Å². The predicted molar refractivity (Wildman–Crippen MR) is 141 cm³/mol. The number of para-hydroxylation sites is 1. The Labute approximate surface area is 216 Å². The average Bonchev–Trinajstić information content (AvgIpc) is 2.79. The van der Waals surface area contributed by atoms with Crippen molar-refractivity contribution in [3.05, 3.63) is 88.4 Å². The van der Waals surface area contributed by atoms with Gasteiger partial charge in [0.05, 0.1) is 17.1 Å². The largest absolute Gasteiger partial charge is 0.491 e. The summed E-state index contributed by atoms with van der Waals surface area (Å²) in [6.07, 6.45) is 0. The number of nitrogens with zero attached hydrogens (tertiary/aromatic N) is 1. The molecule has 3 aromatic carbocycles.